The number of rotatable bonds is 7. The van der Waals surface area contributed by atoms with Gasteiger partial charge in [-0.1, -0.05) is 49.4 Å². The Bertz CT molecular complexity index is 1190. The summed E-state index contributed by atoms with van der Waals surface area (Å²) < 4.78 is 11.4. The number of nitro groups is 1. The van der Waals surface area contributed by atoms with Gasteiger partial charge in [0.2, 0.25) is 0 Å². The summed E-state index contributed by atoms with van der Waals surface area (Å²) in [7, 11) is 0. The molecule has 7 nitrogen and oxygen atoms in total. The standard InChI is InChI=1S/C27H27NO6/c1-2-27(26(30)33-18-21-8-5-7-19-6-3-4-9-24(19)21)16-14-23(15-17-27)34-25(29)20-10-12-22(13-11-20)28(31)32/h3-13,23H,2,14-18H2,1H3/t23-,27-. The molecule has 3 aromatic carbocycles. The normalized spacial score (nSPS) is 20.0. The zero-order valence-electron chi connectivity index (χ0n) is 19.1. The topological polar surface area (TPSA) is 95.7 Å². The molecule has 0 unspecified atom stereocenters. The van der Waals surface area contributed by atoms with Crippen molar-refractivity contribution >= 4 is 28.4 Å². The molecular formula is C27H27NO6. The predicted octanol–water partition coefficient (Wildman–Crippen LogP) is 5.99. The second kappa shape index (κ2) is 10.0. The van der Waals surface area contributed by atoms with Crippen molar-refractivity contribution in [2.24, 2.45) is 5.41 Å². The quantitative estimate of drug-likeness (QED) is 0.244. The van der Waals surface area contributed by atoms with Crippen LogP contribution in [0.2, 0.25) is 0 Å². The van der Waals surface area contributed by atoms with E-state index in [0.29, 0.717) is 32.1 Å². The van der Waals surface area contributed by atoms with Crippen LogP contribution in [-0.4, -0.2) is 23.0 Å². The van der Waals surface area contributed by atoms with E-state index >= 15 is 0 Å². The van der Waals surface area contributed by atoms with E-state index in [9.17, 15) is 19.7 Å². The zero-order chi connectivity index (χ0) is 24.1. The van der Waals surface area contributed by atoms with E-state index < -0.39 is 16.3 Å². The average Bonchev–Trinajstić information content (AvgIpc) is 2.87. The highest BCUT2D eigenvalue weighted by atomic mass is 16.6. The Hall–Kier alpha value is -3.74. The van der Waals surface area contributed by atoms with Gasteiger partial charge in [-0.15, -0.1) is 0 Å². The Morgan fingerprint density at radius 2 is 1.68 bits per heavy atom. The number of fused-ring (bicyclic) bond motifs is 1. The number of hydrogen-bond donors (Lipinski definition) is 0. The van der Waals surface area contributed by atoms with E-state index in [1.165, 1.54) is 24.3 Å². The van der Waals surface area contributed by atoms with E-state index in [1.807, 2.05) is 49.4 Å². The van der Waals surface area contributed by atoms with Gasteiger partial charge in [0.15, 0.2) is 0 Å². The number of hydrogen-bond acceptors (Lipinski definition) is 6. The third-order valence-corrected chi connectivity index (χ3v) is 6.83. The van der Waals surface area contributed by atoms with Crippen molar-refractivity contribution in [3.05, 3.63) is 88.0 Å². The van der Waals surface area contributed by atoms with Crippen molar-refractivity contribution in [1.29, 1.82) is 0 Å². The van der Waals surface area contributed by atoms with Crippen molar-refractivity contribution in [3.8, 4) is 0 Å². The summed E-state index contributed by atoms with van der Waals surface area (Å²) in [6.07, 6.45) is 2.65. The summed E-state index contributed by atoms with van der Waals surface area (Å²) >= 11 is 0. The Labute approximate surface area is 197 Å². The third kappa shape index (κ3) is 4.93. The largest absolute Gasteiger partial charge is 0.460 e. The molecule has 1 fully saturated rings. The predicted molar refractivity (Wildman–Crippen MR) is 127 cm³/mol. The van der Waals surface area contributed by atoms with Crippen molar-refractivity contribution in [2.75, 3.05) is 0 Å². The molecule has 0 radical (unpaired) electrons. The Morgan fingerprint density at radius 1 is 1.00 bits per heavy atom. The first-order valence-corrected chi connectivity index (χ1v) is 11.5. The molecule has 0 amide bonds. The molecule has 0 spiro atoms. The van der Waals surface area contributed by atoms with Crippen LogP contribution in [0.5, 0.6) is 0 Å². The summed E-state index contributed by atoms with van der Waals surface area (Å²) in [6, 6.07) is 19.3. The van der Waals surface area contributed by atoms with Crippen LogP contribution in [0.4, 0.5) is 5.69 Å². The van der Waals surface area contributed by atoms with Gasteiger partial charge in [0.1, 0.15) is 12.7 Å². The maximum atomic E-state index is 13.1. The summed E-state index contributed by atoms with van der Waals surface area (Å²) in [6.45, 7) is 2.21. The van der Waals surface area contributed by atoms with E-state index in [0.717, 1.165) is 16.3 Å². The van der Waals surface area contributed by atoms with Gasteiger partial charge in [0, 0.05) is 12.1 Å². The van der Waals surface area contributed by atoms with Crippen LogP contribution < -0.4 is 0 Å². The molecule has 1 aliphatic carbocycles. The molecule has 0 heterocycles. The number of carbonyl (C=O) groups is 2. The maximum absolute atomic E-state index is 13.1. The van der Waals surface area contributed by atoms with Gasteiger partial charge in [-0.2, -0.15) is 0 Å². The van der Waals surface area contributed by atoms with E-state index in [4.69, 9.17) is 9.47 Å². The lowest BCUT2D eigenvalue weighted by atomic mass is 9.71. The number of non-ortho nitro benzene ring substituents is 1. The average molecular weight is 462 g/mol. The van der Waals surface area contributed by atoms with E-state index in [2.05, 4.69) is 0 Å². The Balaban J connectivity index is 1.34. The van der Waals surface area contributed by atoms with E-state index in [1.54, 1.807) is 0 Å². The molecule has 0 aliphatic heterocycles. The number of esters is 2. The lowest BCUT2D eigenvalue weighted by Crippen LogP contribution is -2.38. The monoisotopic (exact) mass is 461 g/mol. The molecular weight excluding hydrogens is 434 g/mol. The number of benzene rings is 3. The fourth-order valence-corrected chi connectivity index (χ4v) is 4.62. The van der Waals surface area contributed by atoms with Crippen LogP contribution in [0.1, 0.15) is 54.9 Å². The highest BCUT2D eigenvalue weighted by Gasteiger charge is 2.42. The van der Waals surface area contributed by atoms with Crippen LogP contribution in [-0.2, 0) is 20.9 Å². The minimum Gasteiger partial charge on any atom is -0.460 e. The van der Waals surface area contributed by atoms with Crippen LogP contribution in [0.25, 0.3) is 10.8 Å². The van der Waals surface area contributed by atoms with Crippen LogP contribution in [0.15, 0.2) is 66.7 Å². The SMILES string of the molecule is CC[C@]1(C(=O)OCc2cccc3ccccc23)CC[C@H](OC(=O)c2ccc([N+](=O)[O-])cc2)CC1. The molecule has 7 heteroatoms. The third-order valence-electron chi connectivity index (χ3n) is 6.83. The second-order valence-corrected chi connectivity index (χ2v) is 8.76. The second-order valence-electron chi connectivity index (χ2n) is 8.76. The van der Waals surface area contributed by atoms with Gasteiger partial charge in [-0.25, -0.2) is 4.79 Å². The number of nitrogens with zero attached hydrogens (tertiary/aromatic N) is 1. The van der Waals surface area contributed by atoms with Crippen LogP contribution >= 0.6 is 0 Å². The fraction of sp³-hybridized carbons (Fsp3) is 0.333. The van der Waals surface area contributed by atoms with Crippen molar-refractivity contribution in [3.63, 3.8) is 0 Å². The summed E-state index contributed by atoms with van der Waals surface area (Å²) in [5, 5.41) is 13.0. The van der Waals surface area contributed by atoms with E-state index in [-0.39, 0.29) is 29.9 Å². The molecule has 0 N–H and O–H groups in total. The maximum Gasteiger partial charge on any atom is 0.338 e. The van der Waals surface area contributed by atoms with Crippen LogP contribution in [0.3, 0.4) is 0 Å². The molecule has 4 rings (SSSR count). The van der Waals surface area contributed by atoms with Gasteiger partial charge >= 0.3 is 11.9 Å². The van der Waals surface area contributed by atoms with Gasteiger partial charge < -0.3 is 9.47 Å². The minimum absolute atomic E-state index is 0.0797. The van der Waals surface area contributed by atoms with Gasteiger partial charge in [0.05, 0.1) is 15.9 Å². The Morgan fingerprint density at radius 3 is 2.35 bits per heavy atom. The van der Waals surface area contributed by atoms with Crippen molar-refractivity contribution in [1.82, 2.24) is 0 Å². The molecule has 176 valence electrons. The van der Waals surface area contributed by atoms with Gasteiger partial charge in [0.25, 0.3) is 5.69 Å². The molecule has 0 aromatic heterocycles. The number of carbonyl (C=O) groups excluding carboxylic acids is 2. The summed E-state index contributed by atoms with van der Waals surface area (Å²) in [5.41, 5.74) is 0.584. The summed E-state index contributed by atoms with van der Waals surface area (Å²) in [4.78, 5) is 35.8. The zero-order valence-corrected chi connectivity index (χ0v) is 19.1. The molecule has 0 saturated heterocycles. The van der Waals surface area contributed by atoms with Gasteiger partial charge in [-0.05, 0) is 60.6 Å². The van der Waals surface area contributed by atoms with Gasteiger partial charge in [-0.3, -0.25) is 14.9 Å². The number of nitro benzene ring substituents is 1. The fourth-order valence-electron chi connectivity index (χ4n) is 4.62. The first kappa shape index (κ1) is 23.4. The smallest absolute Gasteiger partial charge is 0.338 e. The highest BCUT2D eigenvalue weighted by molar-refractivity contribution is 5.90. The molecule has 1 aliphatic rings. The lowest BCUT2D eigenvalue weighted by Gasteiger charge is -2.37. The first-order valence-electron chi connectivity index (χ1n) is 11.5. The summed E-state index contributed by atoms with van der Waals surface area (Å²) in [5.74, 6) is -0.717. The first-order chi connectivity index (χ1) is 16.4. The molecule has 0 bridgehead atoms. The van der Waals surface area contributed by atoms with Crippen molar-refractivity contribution < 1.29 is 24.0 Å². The molecule has 34 heavy (non-hydrogen) atoms. The highest BCUT2D eigenvalue weighted by Crippen LogP contribution is 2.41. The van der Waals surface area contributed by atoms with Crippen molar-refractivity contribution in [2.45, 2.75) is 51.7 Å². The van der Waals surface area contributed by atoms with Crippen LogP contribution in [0, 0.1) is 15.5 Å². The number of ether oxygens (including phenoxy) is 2. The molecule has 3 aromatic rings. The molecule has 1 saturated carbocycles. The lowest BCUT2D eigenvalue weighted by molar-refractivity contribution is -0.384. The minimum atomic E-state index is -0.582. The molecule has 0 atom stereocenters. The Kier molecular flexibility index (Phi) is 6.91.